The first-order valence-corrected chi connectivity index (χ1v) is 35.7. The largest absolute Gasteiger partial charge is 2.00 e. The zero-order chi connectivity index (χ0) is 66.1. The fraction of sp³-hybridized carbons (Fsp3) is 0.425. The molecule has 0 spiro atoms. The van der Waals surface area contributed by atoms with Crippen LogP contribution in [-0.2, 0) is 35.4 Å². The van der Waals surface area contributed by atoms with Gasteiger partial charge in [0.1, 0.15) is 46.0 Å². The maximum atomic E-state index is 7.17. The van der Waals surface area contributed by atoms with Crippen LogP contribution in [-0.4, -0.2) is 82.8 Å². The predicted octanol–water partition coefficient (Wildman–Crippen LogP) is 15.1. The van der Waals surface area contributed by atoms with Crippen molar-refractivity contribution in [3.05, 3.63) is 147 Å². The average molecular weight is 1350 g/mol. The number of rotatable bonds is 32. The molecule has 0 radical (unpaired) electrons. The Hall–Kier alpha value is -8.69. The van der Waals surface area contributed by atoms with Gasteiger partial charge < -0.3 is 67.8 Å². The molecule has 508 valence electrons. The van der Waals surface area contributed by atoms with Gasteiger partial charge in [-0.2, -0.15) is 0 Å². The van der Waals surface area contributed by atoms with Gasteiger partial charge in [0.15, 0.2) is 0 Å². The van der Waals surface area contributed by atoms with Crippen LogP contribution in [0, 0.1) is 5.92 Å². The SMILES string of the molecule is CCCCOC1=C2C=CC=CC2C(OCCCC)=C2C1=c1nc2nc2[n-]c(nc3nc(nc4[n-]c(n1)C1C=4C(OCCCC)=c4ccccc4=C1OCCCC)-c1c-3c(OCCCC)c3ccccc3c1OCCCC)c1c(OCCCC)c3ccccc3c(OCCCC)c21.[Ni+2]. The van der Waals surface area contributed by atoms with E-state index in [9.17, 15) is 0 Å². The molecular weight excluding hydrogens is 1260 g/mol. The van der Waals surface area contributed by atoms with E-state index in [-0.39, 0.29) is 22.4 Å². The summed E-state index contributed by atoms with van der Waals surface area (Å²) in [5, 5.41) is 6.43. The van der Waals surface area contributed by atoms with Gasteiger partial charge in [-0.1, -0.05) is 204 Å². The van der Waals surface area contributed by atoms with E-state index in [0.29, 0.717) is 183 Å². The molecule has 13 rings (SSSR count). The Morgan fingerprint density at radius 1 is 0.392 bits per heavy atom. The van der Waals surface area contributed by atoms with Crippen molar-refractivity contribution in [3.63, 3.8) is 0 Å². The van der Waals surface area contributed by atoms with Crippen LogP contribution in [0.2, 0.25) is 0 Å². The second-order valence-corrected chi connectivity index (χ2v) is 25.2. The molecule has 16 nitrogen and oxygen atoms in total. The molecule has 6 aliphatic rings. The Labute approximate surface area is 578 Å². The number of fused-ring (bicyclic) bond motifs is 22. The van der Waals surface area contributed by atoms with Gasteiger partial charge in [-0.05, 0) is 51.4 Å². The predicted molar refractivity (Wildman–Crippen MR) is 380 cm³/mol. The molecule has 5 heterocycles. The Balaban J connectivity index is 0.00000897. The smallest absolute Gasteiger partial charge is 0.496 e. The van der Waals surface area contributed by atoms with Gasteiger partial charge in [0.2, 0.25) is 0 Å². The minimum Gasteiger partial charge on any atom is -0.496 e. The fourth-order valence-electron chi connectivity index (χ4n) is 13.2. The van der Waals surface area contributed by atoms with Gasteiger partial charge in [-0.25, -0.2) is 9.97 Å². The second kappa shape index (κ2) is 31.7. The van der Waals surface area contributed by atoms with E-state index in [1.54, 1.807) is 0 Å². The number of nitrogens with zero attached hydrogens (tertiary/aromatic N) is 8. The van der Waals surface area contributed by atoms with Crippen molar-refractivity contribution in [2.75, 3.05) is 52.9 Å². The quantitative estimate of drug-likeness (QED) is 0.0287. The number of unbranched alkanes of at least 4 members (excludes halogenated alkanes) is 8. The average Bonchev–Trinajstić information content (AvgIpc) is 1.62. The molecule has 8 bridgehead atoms. The van der Waals surface area contributed by atoms with Crippen molar-refractivity contribution >= 4 is 71.8 Å². The molecule has 0 fully saturated rings. The number of hydrogen-bond donors (Lipinski definition) is 0. The van der Waals surface area contributed by atoms with Crippen molar-refractivity contribution in [2.45, 2.75) is 164 Å². The minimum absolute atomic E-state index is 0. The summed E-state index contributed by atoms with van der Waals surface area (Å²) in [6.07, 6.45) is 22.4. The van der Waals surface area contributed by atoms with Gasteiger partial charge >= 0.3 is 16.5 Å². The van der Waals surface area contributed by atoms with Gasteiger partial charge in [0.05, 0.1) is 110 Å². The van der Waals surface area contributed by atoms with Crippen LogP contribution < -0.4 is 50.3 Å². The summed E-state index contributed by atoms with van der Waals surface area (Å²) < 4.78 is 57.2. The van der Waals surface area contributed by atoms with Crippen molar-refractivity contribution in [1.82, 2.24) is 39.9 Å². The molecule has 7 aromatic rings. The number of hydrogen-bond acceptors (Lipinski definition) is 14. The van der Waals surface area contributed by atoms with Crippen molar-refractivity contribution in [2.24, 2.45) is 5.92 Å². The fourth-order valence-corrected chi connectivity index (χ4v) is 13.2. The van der Waals surface area contributed by atoms with Crippen LogP contribution in [0.4, 0.5) is 0 Å². The third-order valence-electron chi connectivity index (χ3n) is 18.3. The Kier molecular flexibility index (Phi) is 22.3. The molecule has 5 aromatic carbocycles. The van der Waals surface area contributed by atoms with E-state index in [1.165, 1.54) is 0 Å². The summed E-state index contributed by atoms with van der Waals surface area (Å²) in [6.45, 7) is 20.9. The summed E-state index contributed by atoms with van der Waals surface area (Å²) in [7, 11) is 0. The molecule has 3 aliphatic heterocycles. The summed E-state index contributed by atoms with van der Waals surface area (Å²) in [5.74, 6) is 5.44. The first kappa shape index (κ1) is 68.3. The Morgan fingerprint density at radius 3 is 1.37 bits per heavy atom. The third-order valence-corrected chi connectivity index (χ3v) is 18.3. The number of ether oxygens (including phenoxy) is 8. The number of aromatic nitrogens is 8. The van der Waals surface area contributed by atoms with Crippen molar-refractivity contribution in [3.8, 4) is 45.8 Å². The summed E-state index contributed by atoms with van der Waals surface area (Å²) >= 11 is 0. The Bertz CT molecular complexity index is 4720. The summed E-state index contributed by atoms with van der Waals surface area (Å²) in [5.41, 5.74) is 5.51. The Morgan fingerprint density at radius 2 is 0.835 bits per heavy atom. The van der Waals surface area contributed by atoms with Crippen LogP contribution in [0.3, 0.4) is 0 Å². The van der Waals surface area contributed by atoms with Gasteiger partial charge in [0.25, 0.3) is 0 Å². The van der Waals surface area contributed by atoms with Crippen LogP contribution in [0.1, 0.15) is 176 Å². The molecule has 0 saturated carbocycles. The van der Waals surface area contributed by atoms with E-state index in [1.807, 2.05) is 30.3 Å². The monoisotopic (exact) mass is 1350 g/mol. The van der Waals surface area contributed by atoms with Crippen LogP contribution >= 0.6 is 0 Å². The zero-order valence-corrected chi connectivity index (χ0v) is 58.5. The van der Waals surface area contributed by atoms with Crippen LogP contribution in [0.25, 0.3) is 94.6 Å². The number of benzene rings is 5. The summed E-state index contributed by atoms with van der Waals surface area (Å²) in [6, 6.07) is 24.8. The van der Waals surface area contributed by atoms with E-state index in [2.05, 4.69) is 122 Å². The first-order valence-electron chi connectivity index (χ1n) is 35.7. The van der Waals surface area contributed by atoms with Crippen LogP contribution in [0.15, 0.2) is 114 Å². The standard InChI is InChI=1S/C80H90N8O8.Ni/c1-9-17-41-89-65-49-33-25-26-34-50(49)66(90-42-18-10-2)58-57(65)73-81-74(58)86-76-61-62(70(94-46-22-14-6)54-38-30-29-37-53(54)69(61)93-45-21-13-5)78(83-76)88-80-64-63(71(95-47-23-15-7)55-39-31-32-40-56(55)72(64)96-48-24-16-8)79(84-80)87-77-60-59(75(82-77)85-73)67(91-43-19-11-3)51-35-27-28-36-52(51)68(60)92-44-20-12-4;/h25-40,49,61H,9-24,41-48H2,1-8H3;/q-2;+2. The van der Waals surface area contributed by atoms with E-state index < -0.39 is 5.92 Å². The molecule has 2 unspecified atom stereocenters. The van der Waals surface area contributed by atoms with Crippen molar-refractivity contribution < 1.29 is 54.4 Å². The van der Waals surface area contributed by atoms with Gasteiger partial charge in [-0.15, -0.1) is 0 Å². The normalized spacial score (nSPS) is 15.5. The summed E-state index contributed by atoms with van der Waals surface area (Å²) in [4.78, 5) is 46.0. The molecule has 2 atom stereocenters. The molecular formula is C80H90N8NiO8. The molecule has 0 amide bonds. The molecule has 3 aliphatic carbocycles. The topological polar surface area (TPSA) is 179 Å². The zero-order valence-electron chi connectivity index (χ0n) is 57.5. The maximum absolute atomic E-state index is 7.17. The van der Waals surface area contributed by atoms with E-state index in [4.69, 9.17) is 77.8 Å². The van der Waals surface area contributed by atoms with Gasteiger partial charge in [-0.3, -0.25) is 0 Å². The minimum atomic E-state index is -0.727. The number of allylic oxidation sites excluding steroid dienone is 5. The first-order chi connectivity index (χ1) is 47.4. The molecule has 0 N–H and O–H groups in total. The maximum Gasteiger partial charge on any atom is 2.00 e. The third kappa shape index (κ3) is 13.2. The molecule has 17 heteroatoms. The molecule has 2 aromatic heterocycles. The van der Waals surface area contributed by atoms with Gasteiger partial charge in [0, 0.05) is 76.5 Å². The second-order valence-electron chi connectivity index (χ2n) is 25.2. The molecule has 0 saturated heterocycles. The van der Waals surface area contributed by atoms with E-state index >= 15 is 0 Å². The van der Waals surface area contributed by atoms with Crippen LogP contribution in [0.5, 0.6) is 23.0 Å². The van der Waals surface area contributed by atoms with Crippen molar-refractivity contribution in [1.29, 1.82) is 0 Å². The molecule has 97 heavy (non-hydrogen) atoms. The van der Waals surface area contributed by atoms with E-state index in [0.717, 1.165) is 140 Å².